The molecule has 1 saturated carbocycles. The van der Waals surface area contributed by atoms with Crippen molar-refractivity contribution in [3.05, 3.63) is 40.5 Å². The number of amides is 1. The number of hydrogen-bond acceptors (Lipinski definition) is 5. The molecule has 0 unspecified atom stereocenters. The summed E-state index contributed by atoms with van der Waals surface area (Å²) < 4.78 is 30.0. The van der Waals surface area contributed by atoms with E-state index >= 15 is 0 Å². The van der Waals surface area contributed by atoms with Crippen molar-refractivity contribution in [1.29, 1.82) is 0 Å². The number of hydrogen-bond donors (Lipinski definition) is 2. The Bertz CT molecular complexity index is 999. The fourth-order valence-corrected chi connectivity index (χ4v) is 4.32. The van der Waals surface area contributed by atoms with E-state index in [2.05, 4.69) is 15.4 Å². The number of halogens is 2. The number of fused-ring (bicyclic) bond motifs is 1. The molecule has 4 rings (SSSR count). The van der Waals surface area contributed by atoms with Crippen molar-refractivity contribution in [2.45, 2.75) is 44.2 Å². The maximum atomic E-state index is 14.2. The molecule has 0 spiro atoms. The van der Waals surface area contributed by atoms with Crippen LogP contribution in [-0.2, 0) is 0 Å². The molecule has 1 aliphatic carbocycles. The van der Waals surface area contributed by atoms with Gasteiger partial charge in [-0.3, -0.25) is 4.79 Å². The van der Waals surface area contributed by atoms with Crippen LogP contribution in [0.1, 0.15) is 33.9 Å². The van der Waals surface area contributed by atoms with Crippen molar-refractivity contribution in [3.8, 4) is 11.3 Å². The minimum absolute atomic E-state index is 0.145. The predicted octanol–water partition coefficient (Wildman–Crippen LogP) is 3.01. The molecule has 3 aromatic heterocycles. The van der Waals surface area contributed by atoms with E-state index in [0.29, 0.717) is 18.5 Å². The highest BCUT2D eigenvalue weighted by molar-refractivity contribution is 7.14. The highest BCUT2D eigenvalue weighted by Gasteiger charge is 2.46. The lowest BCUT2D eigenvalue weighted by molar-refractivity contribution is -0.0674. The van der Waals surface area contributed by atoms with Gasteiger partial charge in [0, 0.05) is 29.1 Å². The Morgan fingerprint density at radius 1 is 1.44 bits per heavy atom. The van der Waals surface area contributed by atoms with Crippen LogP contribution in [0.25, 0.3) is 16.8 Å². The van der Waals surface area contributed by atoms with Gasteiger partial charge in [-0.1, -0.05) is 6.07 Å². The van der Waals surface area contributed by atoms with Crippen LogP contribution in [-0.4, -0.2) is 38.5 Å². The SMILES string of the molecule is Cc1sc(C(=O)N[C@@H]2[C@@H](N)CCCC2(F)F)nc1-c1cnn2ccccc12. The van der Waals surface area contributed by atoms with Crippen molar-refractivity contribution < 1.29 is 13.6 Å². The van der Waals surface area contributed by atoms with Gasteiger partial charge in [0.05, 0.1) is 17.4 Å². The Morgan fingerprint density at radius 2 is 2.26 bits per heavy atom. The summed E-state index contributed by atoms with van der Waals surface area (Å²) in [6.07, 6.45) is 4.06. The number of nitrogens with zero attached hydrogens (tertiary/aromatic N) is 3. The van der Waals surface area contributed by atoms with Crippen LogP contribution >= 0.6 is 11.3 Å². The molecule has 3 N–H and O–H groups in total. The van der Waals surface area contributed by atoms with Gasteiger partial charge < -0.3 is 11.1 Å². The lowest BCUT2D eigenvalue weighted by Crippen LogP contribution is -2.59. The van der Waals surface area contributed by atoms with Crippen molar-refractivity contribution >= 4 is 22.8 Å². The van der Waals surface area contributed by atoms with Gasteiger partial charge in [0.15, 0.2) is 5.01 Å². The summed E-state index contributed by atoms with van der Waals surface area (Å²) in [7, 11) is 0. The zero-order valence-corrected chi connectivity index (χ0v) is 15.5. The molecule has 6 nitrogen and oxygen atoms in total. The van der Waals surface area contributed by atoms with Crippen LogP contribution in [0.2, 0.25) is 0 Å². The number of carbonyl (C=O) groups excluding carboxylic acids is 1. The number of nitrogens with one attached hydrogen (secondary N) is 1. The number of thiazole rings is 1. The number of carbonyl (C=O) groups is 1. The molecule has 1 aliphatic rings. The average molecular weight is 391 g/mol. The molecular formula is C18H19F2N5OS. The van der Waals surface area contributed by atoms with Crippen molar-refractivity contribution in [3.63, 3.8) is 0 Å². The van der Waals surface area contributed by atoms with Crippen molar-refractivity contribution in [2.75, 3.05) is 0 Å². The summed E-state index contributed by atoms with van der Waals surface area (Å²) in [5.41, 5.74) is 8.12. The van der Waals surface area contributed by atoms with Gasteiger partial charge in [-0.2, -0.15) is 5.10 Å². The third kappa shape index (κ3) is 3.21. The quantitative estimate of drug-likeness (QED) is 0.719. The fraction of sp³-hybridized carbons (Fsp3) is 0.389. The molecule has 3 heterocycles. The Labute approximate surface area is 158 Å². The van der Waals surface area contributed by atoms with Gasteiger partial charge in [0.1, 0.15) is 6.04 Å². The van der Waals surface area contributed by atoms with E-state index < -0.39 is 23.9 Å². The van der Waals surface area contributed by atoms with Crippen LogP contribution < -0.4 is 11.1 Å². The van der Waals surface area contributed by atoms with Gasteiger partial charge in [0.2, 0.25) is 0 Å². The highest BCUT2D eigenvalue weighted by atomic mass is 32.1. The van der Waals surface area contributed by atoms with Crippen molar-refractivity contribution in [1.82, 2.24) is 19.9 Å². The zero-order valence-electron chi connectivity index (χ0n) is 14.7. The predicted molar refractivity (Wildman–Crippen MR) is 99.1 cm³/mol. The Balaban J connectivity index is 1.62. The first-order valence-corrected chi connectivity index (χ1v) is 9.53. The van der Waals surface area contributed by atoms with Crippen molar-refractivity contribution in [2.24, 2.45) is 5.73 Å². The molecule has 142 valence electrons. The van der Waals surface area contributed by atoms with Crippen LogP contribution in [0, 0.1) is 6.92 Å². The molecule has 9 heteroatoms. The summed E-state index contributed by atoms with van der Waals surface area (Å²) in [4.78, 5) is 17.8. The largest absolute Gasteiger partial charge is 0.340 e. The molecule has 0 saturated heterocycles. The molecule has 27 heavy (non-hydrogen) atoms. The standard InChI is InChI=1S/C18H19F2N5OS/c1-10-14(11-9-22-25-8-3-2-6-13(11)25)23-17(27-10)16(26)24-15-12(21)5-4-7-18(15,19)20/h2-3,6,8-9,12,15H,4-5,7,21H2,1H3,(H,24,26)/t12-,15+/m0/s1. The normalized spacial score (nSPS) is 22.1. The van der Waals surface area contributed by atoms with Gasteiger partial charge >= 0.3 is 0 Å². The van der Waals surface area contributed by atoms with E-state index in [1.807, 2.05) is 31.3 Å². The molecule has 0 bridgehead atoms. The summed E-state index contributed by atoms with van der Waals surface area (Å²) in [6.45, 7) is 1.84. The average Bonchev–Trinajstić information content (AvgIpc) is 3.21. The topological polar surface area (TPSA) is 85.3 Å². The van der Waals surface area contributed by atoms with Gasteiger partial charge in [0.25, 0.3) is 11.8 Å². The van der Waals surface area contributed by atoms with E-state index in [1.54, 1.807) is 10.7 Å². The summed E-state index contributed by atoms with van der Waals surface area (Å²) in [5, 5.41) is 6.83. The van der Waals surface area contributed by atoms with Crippen LogP contribution in [0.5, 0.6) is 0 Å². The second-order valence-corrected chi connectivity index (χ2v) is 7.98. The van der Waals surface area contributed by atoms with E-state index in [1.165, 1.54) is 11.3 Å². The number of aryl methyl sites for hydroxylation is 1. The fourth-order valence-electron chi connectivity index (χ4n) is 3.48. The minimum atomic E-state index is -3.01. The second-order valence-electron chi connectivity index (χ2n) is 6.78. The van der Waals surface area contributed by atoms with E-state index in [9.17, 15) is 13.6 Å². The third-order valence-corrected chi connectivity index (χ3v) is 5.86. The highest BCUT2D eigenvalue weighted by Crippen LogP contribution is 2.34. The number of pyridine rings is 1. The first-order chi connectivity index (χ1) is 12.9. The summed E-state index contributed by atoms with van der Waals surface area (Å²) in [6, 6.07) is 3.52. The van der Waals surface area contributed by atoms with E-state index in [4.69, 9.17) is 5.73 Å². The molecular weight excluding hydrogens is 372 g/mol. The lowest BCUT2D eigenvalue weighted by Gasteiger charge is -2.36. The number of rotatable bonds is 3. The van der Waals surface area contributed by atoms with Crippen LogP contribution in [0.3, 0.4) is 0 Å². The van der Waals surface area contributed by atoms with Gasteiger partial charge in [-0.15, -0.1) is 11.3 Å². The molecule has 2 atom stereocenters. The maximum Gasteiger partial charge on any atom is 0.280 e. The Hall–Kier alpha value is -2.39. The first kappa shape index (κ1) is 18.0. The smallest absolute Gasteiger partial charge is 0.280 e. The molecule has 1 amide bonds. The van der Waals surface area contributed by atoms with E-state index in [-0.39, 0.29) is 11.4 Å². The molecule has 0 aromatic carbocycles. The lowest BCUT2D eigenvalue weighted by atomic mass is 9.87. The second kappa shape index (κ2) is 6.65. The van der Waals surface area contributed by atoms with Gasteiger partial charge in [-0.25, -0.2) is 18.3 Å². The third-order valence-electron chi connectivity index (χ3n) is 4.89. The molecule has 0 radical (unpaired) electrons. The molecule has 0 aliphatic heterocycles. The van der Waals surface area contributed by atoms with Crippen LogP contribution in [0.4, 0.5) is 8.78 Å². The minimum Gasteiger partial charge on any atom is -0.340 e. The van der Waals surface area contributed by atoms with Crippen LogP contribution in [0.15, 0.2) is 30.6 Å². The first-order valence-electron chi connectivity index (χ1n) is 8.71. The van der Waals surface area contributed by atoms with E-state index in [0.717, 1.165) is 16.0 Å². The summed E-state index contributed by atoms with van der Waals surface area (Å²) >= 11 is 1.17. The maximum absolute atomic E-state index is 14.2. The summed E-state index contributed by atoms with van der Waals surface area (Å²) in [5.74, 6) is -3.63. The zero-order chi connectivity index (χ0) is 19.2. The number of aromatic nitrogens is 3. The molecule has 3 aromatic rings. The van der Waals surface area contributed by atoms with Gasteiger partial charge in [-0.05, 0) is 31.9 Å². The Kier molecular flexibility index (Phi) is 4.43. The molecule has 1 fully saturated rings. The number of nitrogens with two attached hydrogens (primary N) is 1. The monoisotopic (exact) mass is 391 g/mol. The number of alkyl halides is 2. The Morgan fingerprint density at radius 3 is 3.04 bits per heavy atom.